The predicted molar refractivity (Wildman–Crippen MR) is 60.0 cm³/mol. The first-order valence-corrected chi connectivity index (χ1v) is 5.06. The Morgan fingerprint density at radius 1 is 1.32 bits per heavy atom. The molecule has 0 fully saturated rings. The summed E-state index contributed by atoms with van der Waals surface area (Å²) in [7, 11) is 1.000. The lowest BCUT2D eigenvalue weighted by molar-refractivity contribution is 0.0588. The Hall–Kier alpha value is -2.57. The maximum Gasteiger partial charge on any atom is 0.359 e. The van der Waals surface area contributed by atoms with E-state index >= 15 is 0 Å². The first-order chi connectivity index (χ1) is 8.97. The maximum absolute atomic E-state index is 14.0. The van der Waals surface area contributed by atoms with Crippen molar-refractivity contribution in [2.75, 3.05) is 7.11 Å². The van der Waals surface area contributed by atoms with Crippen molar-refractivity contribution in [2.24, 2.45) is 0 Å². The van der Waals surface area contributed by atoms with Gasteiger partial charge in [-0.3, -0.25) is 0 Å². The van der Waals surface area contributed by atoms with Crippen molar-refractivity contribution in [3.05, 3.63) is 41.1 Å². The van der Waals surface area contributed by atoms with Gasteiger partial charge >= 0.3 is 11.9 Å². The fourth-order valence-corrected chi connectivity index (χ4v) is 1.68. The van der Waals surface area contributed by atoms with E-state index in [0.717, 1.165) is 13.2 Å². The van der Waals surface area contributed by atoms with E-state index in [0.29, 0.717) is 0 Å². The van der Waals surface area contributed by atoms with Crippen LogP contribution in [0.4, 0.5) is 8.78 Å². The molecule has 0 amide bonds. The number of ether oxygens (including phenoxy) is 1. The molecule has 0 aliphatic heterocycles. The van der Waals surface area contributed by atoms with E-state index < -0.39 is 40.2 Å². The zero-order valence-corrected chi connectivity index (χ0v) is 9.61. The van der Waals surface area contributed by atoms with E-state index in [1.165, 1.54) is 12.1 Å². The molecule has 1 N–H and O–H groups in total. The van der Waals surface area contributed by atoms with Gasteiger partial charge in [-0.2, -0.15) is 0 Å². The monoisotopic (exact) mass is 267 g/mol. The van der Waals surface area contributed by atoms with Gasteiger partial charge < -0.3 is 9.84 Å². The second kappa shape index (κ2) is 4.60. The summed E-state index contributed by atoms with van der Waals surface area (Å²) in [6.07, 6.45) is 0. The lowest BCUT2D eigenvalue weighted by atomic mass is 10.1. The molecule has 0 saturated carbocycles. The highest BCUT2D eigenvalue weighted by molar-refractivity contribution is 6.05. The van der Waals surface area contributed by atoms with E-state index in [2.05, 4.69) is 9.72 Å². The molecule has 0 aliphatic rings. The van der Waals surface area contributed by atoms with Crippen LogP contribution in [0.5, 0.6) is 0 Å². The number of aromatic nitrogens is 1. The first-order valence-electron chi connectivity index (χ1n) is 5.06. The number of carbonyl (C=O) groups excluding carboxylic acids is 1. The molecule has 0 aliphatic carbocycles. The Morgan fingerprint density at radius 2 is 2.00 bits per heavy atom. The van der Waals surface area contributed by atoms with E-state index in [4.69, 9.17) is 5.11 Å². The highest BCUT2D eigenvalue weighted by Gasteiger charge is 2.26. The Morgan fingerprint density at radius 3 is 2.58 bits per heavy atom. The van der Waals surface area contributed by atoms with Crippen LogP contribution in [0.3, 0.4) is 0 Å². The lowest BCUT2D eigenvalue weighted by Crippen LogP contribution is -2.14. The third kappa shape index (κ3) is 1.99. The number of carboxylic acid groups (broad SMARTS) is 1. The van der Waals surface area contributed by atoms with Crippen molar-refractivity contribution < 1.29 is 28.2 Å². The average molecular weight is 267 g/mol. The highest BCUT2D eigenvalue weighted by atomic mass is 19.1. The van der Waals surface area contributed by atoms with Gasteiger partial charge in [0.1, 0.15) is 11.4 Å². The van der Waals surface area contributed by atoms with Crippen molar-refractivity contribution in [3.63, 3.8) is 0 Å². The third-order valence-corrected chi connectivity index (χ3v) is 2.49. The molecule has 2 aromatic rings. The molecular weight excluding hydrogens is 260 g/mol. The number of fused-ring (bicyclic) bond motifs is 1. The SMILES string of the molecule is COC(=O)c1nc2cccc(F)c2c(C(=O)O)c1F. The maximum atomic E-state index is 14.0. The Bertz CT molecular complexity index is 700. The summed E-state index contributed by atoms with van der Waals surface area (Å²) in [6, 6.07) is 3.53. The summed E-state index contributed by atoms with van der Waals surface area (Å²) in [4.78, 5) is 26.0. The molecule has 0 spiro atoms. The molecule has 19 heavy (non-hydrogen) atoms. The van der Waals surface area contributed by atoms with E-state index in [1.54, 1.807) is 0 Å². The van der Waals surface area contributed by atoms with Crippen molar-refractivity contribution in [1.29, 1.82) is 0 Å². The summed E-state index contributed by atoms with van der Waals surface area (Å²) in [5, 5.41) is 8.49. The number of rotatable bonds is 2. The van der Waals surface area contributed by atoms with Gasteiger partial charge in [0.15, 0.2) is 11.5 Å². The van der Waals surface area contributed by atoms with E-state index in [1.807, 2.05) is 0 Å². The predicted octanol–water partition coefficient (Wildman–Crippen LogP) is 2.00. The number of hydrogen-bond acceptors (Lipinski definition) is 4. The van der Waals surface area contributed by atoms with Crippen molar-refractivity contribution in [2.45, 2.75) is 0 Å². The number of pyridine rings is 1. The van der Waals surface area contributed by atoms with Gasteiger partial charge in [0, 0.05) is 0 Å². The van der Waals surface area contributed by atoms with Crippen molar-refractivity contribution in [3.8, 4) is 0 Å². The molecular formula is C12H7F2NO4. The first kappa shape index (κ1) is 12.9. The van der Waals surface area contributed by atoms with Crippen LogP contribution in [-0.4, -0.2) is 29.1 Å². The fourth-order valence-electron chi connectivity index (χ4n) is 1.68. The number of esters is 1. The van der Waals surface area contributed by atoms with Crippen LogP contribution in [0.1, 0.15) is 20.8 Å². The second-order valence-corrected chi connectivity index (χ2v) is 3.58. The van der Waals surface area contributed by atoms with Crippen LogP contribution in [0.25, 0.3) is 10.9 Å². The summed E-state index contributed by atoms with van der Waals surface area (Å²) in [6.45, 7) is 0. The zero-order valence-electron chi connectivity index (χ0n) is 9.61. The molecule has 1 aromatic carbocycles. The molecule has 0 atom stereocenters. The number of carbonyl (C=O) groups is 2. The van der Waals surface area contributed by atoms with Gasteiger partial charge in [-0.05, 0) is 12.1 Å². The van der Waals surface area contributed by atoms with Crippen LogP contribution in [0.15, 0.2) is 18.2 Å². The number of carboxylic acids is 1. The van der Waals surface area contributed by atoms with Gasteiger partial charge in [0.25, 0.3) is 0 Å². The van der Waals surface area contributed by atoms with Gasteiger partial charge in [-0.1, -0.05) is 6.07 Å². The number of benzene rings is 1. The number of methoxy groups -OCH3 is 1. The largest absolute Gasteiger partial charge is 0.478 e. The van der Waals surface area contributed by atoms with Crippen LogP contribution in [0.2, 0.25) is 0 Å². The highest BCUT2D eigenvalue weighted by Crippen LogP contribution is 2.25. The van der Waals surface area contributed by atoms with Gasteiger partial charge in [0.05, 0.1) is 18.0 Å². The molecule has 98 valence electrons. The van der Waals surface area contributed by atoms with Crippen molar-refractivity contribution >= 4 is 22.8 Å². The molecule has 7 heteroatoms. The van der Waals surface area contributed by atoms with E-state index in [-0.39, 0.29) is 5.52 Å². The van der Waals surface area contributed by atoms with Crippen molar-refractivity contribution in [1.82, 2.24) is 4.98 Å². The summed E-state index contributed by atoms with van der Waals surface area (Å²) in [5.41, 5.74) is -1.87. The second-order valence-electron chi connectivity index (χ2n) is 3.58. The molecule has 5 nitrogen and oxygen atoms in total. The summed E-state index contributed by atoms with van der Waals surface area (Å²) >= 11 is 0. The minimum absolute atomic E-state index is 0.140. The molecule has 2 rings (SSSR count). The smallest absolute Gasteiger partial charge is 0.359 e. The Kier molecular flexibility index (Phi) is 3.12. The van der Waals surface area contributed by atoms with Crippen LogP contribution in [0, 0.1) is 11.6 Å². The molecule has 0 radical (unpaired) electrons. The minimum Gasteiger partial charge on any atom is -0.478 e. The number of nitrogens with zero attached hydrogens (tertiary/aromatic N) is 1. The van der Waals surface area contributed by atoms with Gasteiger partial charge in [0.2, 0.25) is 0 Å². The third-order valence-electron chi connectivity index (χ3n) is 2.49. The molecule has 0 bridgehead atoms. The molecule has 1 heterocycles. The Labute approximate surface area is 105 Å². The number of aromatic carboxylic acids is 1. The normalized spacial score (nSPS) is 10.5. The number of halogens is 2. The fraction of sp³-hybridized carbons (Fsp3) is 0.0833. The van der Waals surface area contributed by atoms with Gasteiger partial charge in [-0.25, -0.2) is 23.4 Å². The summed E-state index contributed by atoms with van der Waals surface area (Å²) in [5.74, 6) is -5.18. The quantitative estimate of drug-likeness (QED) is 0.842. The average Bonchev–Trinajstić information content (AvgIpc) is 2.37. The van der Waals surface area contributed by atoms with E-state index in [9.17, 15) is 18.4 Å². The van der Waals surface area contributed by atoms with Crippen LogP contribution in [-0.2, 0) is 4.74 Å². The Balaban J connectivity index is 2.95. The molecule has 1 aromatic heterocycles. The van der Waals surface area contributed by atoms with Gasteiger partial charge in [-0.15, -0.1) is 0 Å². The zero-order chi connectivity index (χ0) is 14.2. The van der Waals surface area contributed by atoms with Crippen LogP contribution < -0.4 is 0 Å². The molecule has 0 saturated heterocycles. The summed E-state index contributed by atoms with van der Waals surface area (Å²) < 4.78 is 31.9. The number of hydrogen-bond donors (Lipinski definition) is 1. The van der Waals surface area contributed by atoms with Crippen LogP contribution >= 0.6 is 0 Å². The standard InChI is InChI=1S/C12H7F2NO4/c1-19-12(18)10-9(14)8(11(16)17)7-5(13)3-2-4-6(7)15-10/h2-4H,1H3,(H,16,17). The molecule has 0 unspecified atom stereocenters. The topological polar surface area (TPSA) is 76.5 Å². The lowest BCUT2D eigenvalue weighted by Gasteiger charge is -2.08. The minimum atomic E-state index is -1.69.